The topological polar surface area (TPSA) is 37.7 Å². The number of anilines is 6. The first-order chi connectivity index (χ1) is 31.0. The van der Waals surface area contributed by atoms with Crippen molar-refractivity contribution < 1.29 is 8.83 Å². The lowest BCUT2D eigenvalue weighted by atomic mass is 9.35. The van der Waals surface area contributed by atoms with E-state index in [1.54, 1.807) is 0 Å². The summed E-state index contributed by atoms with van der Waals surface area (Å²) in [6.07, 6.45) is 0. The van der Waals surface area contributed by atoms with Crippen LogP contribution < -0.4 is 26.4 Å². The van der Waals surface area contributed by atoms with Crippen LogP contribution in [-0.4, -0.2) is 11.3 Å². The predicted octanol–water partition coefficient (Wildman–Crippen LogP) is 14.1. The normalized spacial score (nSPS) is 13.7. The molecule has 6 heteroatoms. The minimum absolute atomic E-state index is 0.0176. The fraction of sp³-hybridized carbons (Fsp3) is 0.138. The van der Waals surface area contributed by atoms with Crippen LogP contribution in [-0.2, 0) is 10.8 Å². The van der Waals surface area contributed by atoms with Crippen molar-refractivity contribution in [2.75, 3.05) is 9.80 Å². The first-order valence-corrected chi connectivity index (χ1v) is 22.5. The van der Waals surface area contributed by atoms with Gasteiger partial charge in [-0.3, -0.25) is 0 Å². The summed E-state index contributed by atoms with van der Waals surface area (Å²) >= 11 is 0. The molecule has 0 saturated carbocycles. The van der Waals surface area contributed by atoms with Crippen molar-refractivity contribution >= 4 is 112 Å². The molecular weight excluding hydrogens is 781 g/mol. The van der Waals surface area contributed by atoms with Crippen molar-refractivity contribution in [3.63, 3.8) is 0 Å². The maximum absolute atomic E-state index is 7.49. The van der Waals surface area contributed by atoms with Gasteiger partial charge in [0.2, 0.25) is 0 Å². The molecule has 5 heterocycles. The summed E-state index contributed by atoms with van der Waals surface area (Å²) in [4.78, 5) is 4.94. The summed E-state index contributed by atoms with van der Waals surface area (Å²) in [5, 5.41) is 5.61. The molecular formula is C58H46BN3O2. The molecule has 8 aromatic carbocycles. The fourth-order valence-electron chi connectivity index (χ4n) is 10.8. The lowest BCUT2D eigenvalue weighted by Crippen LogP contribution is -2.61. The Labute approximate surface area is 372 Å². The van der Waals surface area contributed by atoms with Crippen LogP contribution in [0.4, 0.5) is 34.1 Å². The third-order valence-electron chi connectivity index (χ3n) is 13.9. The lowest BCUT2D eigenvalue weighted by molar-refractivity contribution is 0.590. The Kier molecular flexibility index (Phi) is 7.58. The minimum Gasteiger partial charge on any atom is -0.467 e. The van der Waals surface area contributed by atoms with E-state index in [9.17, 15) is 0 Å². The van der Waals surface area contributed by atoms with Crippen LogP contribution in [0.1, 0.15) is 52.7 Å². The number of fused-ring (bicyclic) bond motifs is 13. The lowest BCUT2D eigenvalue weighted by Gasteiger charge is -2.42. The van der Waals surface area contributed by atoms with E-state index in [1.807, 2.05) is 12.1 Å². The number of hydrogen-bond acceptors (Lipinski definition) is 4. The molecule has 0 amide bonds. The number of benzene rings is 8. The molecule has 13 rings (SSSR count). The summed E-state index contributed by atoms with van der Waals surface area (Å²) in [7, 11) is 0. The van der Waals surface area contributed by atoms with E-state index in [2.05, 4.69) is 214 Å². The number of para-hydroxylation sites is 3. The zero-order valence-electron chi connectivity index (χ0n) is 36.9. The van der Waals surface area contributed by atoms with Gasteiger partial charge in [-0.2, -0.15) is 0 Å². The van der Waals surface area contributed by atoms with Crippen LogP contribution in [0.15, 0.2) is 179 Å². The van der Waals surface area contributed by atoms with Gasteiger partial charge in [0, 0.05) is 55.7 Å². The van der Waals surface area contributed by atoms with Gasteiger partial charge in [-0.05, 0) is 112 Å². The van der Waals surface area contributed by atoms with Gasteiger partial charge < -0.3 is 23.2 Å². The van der Waals surface area contributed by atoms with Gasteiger partial charge in [-0.1, -0.05) is 133 Å². The molecule has 0 radical (unpaired) electrons. The maximum Gasteiger partial charge on any atom is 0.297 e. The molecule has 2 aliphatic heterocycles. The van der Waals surface area contributed by atoms with Gasteiger partial charge in [0.15, 0.2) is 0 Å². The summed E-state index contributed by atoms with van der Waals surface area (Å²) < 4.78 is 16.4. The molecule has 308 valence electrons. The van der Waals surface area contributed by atoms with Crippen LogP contribution in [0.3, 0.4) is 0 Å². The molecule has 11 aromatic rings. The molecule has 5 nitrogen and oxygen atoms in total. The first-order valence-electron chi connectivity index (χ1n) is 22.5. The third kappa shape index (κ3) is 5.20. The number of rotatable bonds is 3. The highest BCUT2D eigenvalue weighted by Crippen LogP contribution is 2.49. The Morgan fingerprint density at radius 3 is 1.64 bits per heavy atom. The molecule has 2 aliphatic rings. The molecule has 0 bridgehead atoms. The number of furan rings is 2. The number of aromatic nitrogens is 1. The van der Waals surface area contributed by atoms with Gasteiger partial charge in [-0.15, -0.1) is 0 Å². The third-order valence-corrected chi connectivity index (χ3v) is 13.9. The maximum atomic E-state index is 7.49. The zero-order valence-corrected chi connectivity index (χ0v) is 36.9. The van der Waals surface area contributed by atoms with Crippen LogP contribution in [0.2, 0.25) is 0 Å². The largest absolute Gasteiger partial charge is 0.467 e. The van der Waals surface area contributed by atoms with Crippen molar-refractivity contribution in [2.24, 2.45) is 0 Å². The van der Waals surface area contributed by atoms with Gasteiger partial charge in [0.25, 0.3) is 6.71 Å². The Bertz CT molecular complexity index is 3650. The fourth-order valence-corrected chi connectivity index (χ4v) is 10.8. The van der Waals surface area contributed by atoms with Crippen molar-refractivity contribution in [3.8, 4) is 5.69 Å². The summed E-state index contributed by atoms with van der Waals surface area (Å²) in [5.74, 6) is 0. The van der Waals surface area contributed by atoms with E-state index in [-0.39, 0.29) is 17.5 Å². The monoisotopic (exact) mass is 827 g/mol. The average Bonchev–Trinajstić information content (AvgIpc) is 3.98. The Morgan fingerprint density at radius 1 is 0.438 bits per heavy atom. The predicted molar refractivity (Wildman–Crippen MR) is 269 cm³/mol. The van der Waals surface area contributed by atoms with Gasteiger partial charge in [-0.25, -0.2) is 0 Å². The average molecular weight is 828 g/mol. The second-order valence-electron chi connectivity index (χ2n) is 19.7. The SMILES string of the molecule is CC(C)(C)c1ccc(N2c3cc(-n4c5ccccc5c5ccccc54)ccc3B3c4oc5c(ccc6oc7ccccc7c65)c4N(c4ccc(C(C)(C)C)cc4)c4cccc2c43)cc1. The summed E-state index contributed by atoms with van der Waals surface area (Å²) in [6, 6.07) is 62.4. The highest BCUT2D eigenvalue weighted by molar-refractivity contribution is 7.00. The number of nitrogens with zero attached hydrogens (tertiary/aromatic N) is 3. The van der Waals surface area contributed by atoms with Crippen molar-refractivity contribution in [1.29, 1.82) is 0 Å². The molecule has 64 heavy (non-hydrogen) atoms. The van der Waals surface area contributed by atoms with E-state index in [4.69, 9.17) is 8.83 Å². The van der Waals surface area contributed by atoms with E-state index in [1.165, 1.54) is 43.9 Å². The number of hydrogen-bond donors (Lipinski definition) is 0. The molecule has 0 N–H and O–H groups in total. The van der Waals surface area contributed by atoms with Crippen molar-refractivity contribution in [2.45, 2.75) is 52.4 Å². The molecule has 0 spiro atoms. The molecule has 0 atom stereocenters. The van der Waals surface area contributed by atoms with Crippen LogP contribution in [0.25, 0.3) is 60.4 Å². The van der Waals surface area contributed by atoms with E-state index >= 15 is 0 Å². The van der Waals surface area contributed by atoms with Crippen LogP contribution in [0.5, 0.6) is 0 Å². The van der Waals surface area contributed by atoms with Crippen molar-refractivity contribution in [3.05, 3.63) is 181 Å². The standard InChI is InChI=1S/C58H46BN3O2/c1-57(2,3)35-22-26-37(27-23-35)60-47-19-13-20-48-53(47)59(44-32-30-39(34-49(44)60)61-45-17-10-7-14-40(45)41-15-8-11-18-46(41)61)56-54(62(48)38-28-24-36(25-29-38)58(4,5)6)43-31-33-51-52(55(43)64-56)42-16-9-12-21-50(42)63-51/h7-34H,1-6H3. The van der Waals surface area contributed by atoms with E-state index in [0.717, 1.165) is 78.4 Å². The first kappa shape index (κ1) is 37.1. The summed E-state index contributed by atoms with van der Waals surface area (Å²) in [5.41, 5.74) is 18.7. The minimum atomic E-state index is -0.195. The highest BCUT2D eigenvalue weighted by Gasteiger charge is 2.47. The molecule has 0 saturated heterocycles. The van der Waals surface area contributed by atoms with Gasteiger partial charge in [0.05, 0.1) is 27.8 Å². The molecule has 3 aromatic heterocycles. The van der Waals surface area contributed by atoms with E-state index < -0.39 is 0 Å². The quantitative estimate of drug-likeness (QED) is 0.166. The Hall–Kier alpha value is -7.44. The Balaban J connectivity index is 1.12. The second kappa shape index (κ2) is 13.1. The molecule has 0 aliphatic carbocycles. The van der Waals surface area contributed by atoms with Crippen molar-refractivity contribution in [1.82, 2.24) is 4.57 Å². The van der Waals surface area contributed by atoms with E-state index in [0.29, 0.717) is 0 Å². The van der Waals surface area contributed by atoms with Crippen LogP contribution in [0, 0.1) is 0 Å². The van der Waals surface area contributed by atoms with Gasteiger partial charge in [0.1, 0.15) is 16.7 Å². The summed E-state index contributed by atoms with van der Waals surface area (Å²) in [6.45, 7) is 13.5. The van der Waals surface area contributed by atoms with Gasteiger partial charge >= 0.3 is 0 Å². The highest BCUT2D eigenvalue weighted by atomic mass is 16.3. The second-order valence-corrected chi connectivity index (χ2v) is 19.7. The Morgan fingerprint density at radius 2 is 1.00 bits per heavy atom. The smallest absolute Gasteiger partial charge is 0.297 e. The molecule has 0 unspecified atom stereocenters. The molecule has 0 fully saturated rings. The van der Waals surface area contributed by atoms with Crippen LogP contribution >= 0.6 is 0 Å². The zero-order chi connectivity index (χ0) is 43.2.